The molecular formula is C11H10O. The Balaban J connectivity index is 2.35. The van der Waals surface area contributed by atoms with Crippen molar-refractivity contribution in [3.63, 3.8) is 0 Å². The highest BCUT2D eigenvalue weighted by Gasteiger charge is 2.16. The van der Waals surface area contributed by atoms with Gasteiger partial charge in [0.15, 0.2) is 0 Å². The highest BCUT2D eigenvalue weighted by Crippen LogP contribution is 2.30. The maximum absolute atomic E-state index is 9.14. The maximum atomic E-state index is 9.14. The second-order valence-electron chi connectivity index (χ2n) is 2.98. The summed E-state index contributed by atoms with van der Waals surface area (Å²) < 4.78 is 0. The van der Waals surface area contributed by atoms with Crippen molar-refractivity contribution in [1.29, 1.82) is 0 Å². The van der Waals surface area contributed by atoms with Gasteiger partial charge in [0, 0.05) is 11.5 Å². The van der Waals surface area contributed by atoms with Crippen molar-refractivity contribution in [3.8, 4) is 0 Å². The fourth-order valence-electron chi connectivity index (χ4n) is 1.47. The Kier molecular flexibility index (Phi) is 1.51. The second kappa shape index (κ2) is 2.52. The molecule has 0 aromatic heterocycles. The molecule has 0 aromatic carbocycles. The van der Waals surface area contributed by atoms with Gasteiger partial charge in [-0.1, -0.05) is 37.0 Å². The first-order valence-electron chi connectivity index (χ1n) is 3.94. The van der Waals surface area contributed by atoms with Crippen molar-refractivity contribution in [3.05, 3.63) is 59.9 Å². The third-order valence-electron chi connectivity index (χ3n) is 2.12. The van der Waals surface area contributed by atoms with Crippen molar-refractivity contribution in [1.82, 2.24) is 0 Å². The summed E-state index contributed by atoms with van der Waals surface area (Å²) in [6.45, 7) is 3.49. The van der Waals surface area contributed by atoms with Crippen LogP contribution in [0.4, 0.5) is 0 Å². The van der Waals surface area contributed by atoms with Crippen LogP contribution in [0.5, 0.6) is 0 Å². The van der Waals surface area contributed by atoms with E-state index in [1.807, 2.05) is 24.3 Å². The molecule has 0 aromatic rings. The number of fused-ring (bicyclic) bond motifs is 1. The minimum absolute atomic E-state index is 0.152. The van der Waals surface area contributed by atoms with Gasteiger partial charge in [-0.25, -0.2) is 0 Å². The summed E-state index contributed by atoms with van der Waals surface area (Å²) in [4.78, 5) is 0. The molecule has 1 heteroatoms. The van der Waals surface area contributed by atoms with E-state index < -0.39 is 0 Å². The van der Waals surface area contributed by atoms with Gasteiger partial charge < -0.3 is 5.11 Å². The lowest BCUT2D eigenvalue weighted by Crippen LogP contribution is -1.92. The van der Waals surface area contributed by atoms with Crippen LogP contribution in [-0.2, 0) is 0 Å². The Morgan fingerprint density at radius 1 is 1.42 bits per heavy atom. The summed E-state index contributed by atoms with van der Waals surface area (Å²) in [5.74, 6) is 0.493. The van der Waals surface area contributed by atoms with Crippen LogP contribution in [0.3, 0.4) is 0 Å². The Bertz CT molecular complexity index is 340. The summed E-state index contributed by atoms with van der Waals surface area (Å²) in [6.07, 6.45) is 12.1. The van der Waals surface area contributed by atoms with E-state index in [9.17, 15) is 0 Å². The Hall–Kier alpha value is -1.50. The Morgan fingerprint density at radius 2 is 2.25 bits per heavy atom. The van der Waals surface area contributed by atoms with Gasteiger partial charge in [0.1, 0.15) is 5.76 Å². The molecule has 12 heavy (non-hydrogen) atoms. The number of hydrogen-bond acceptors (Lipinski definition) is 1. The standard InChI is InChI=1S/C11H10O/c1-8(12)11-6-9-4-2-3-5-10(9)7-11/h2-7,9,12H,1H2. The molecule has 0 fully saturated rings. The van der Waals surface area contributed by atoms with Crippen LogP contribution in [0.25, 0.3) is 0 Å². The summed E-state index contributed by atoms with van der Waals surface area (Å²) in [6, 6.07) is 0. The number of rotatable bonds is 1. The molecule has 0 spiro atoms. The van der Waals surface area contributed by atoms with Crippen molar-refractivity contribution in [2.75, 3.05) is 0 Å². The van der Waals surface area contributed by atoms with Gasteiger partial charge in [-0.05, 0) is 11.6 Å². The van der Waals surface area contributed by atoms with E-state index in [-0.39, 0.29) is 5.76 Å². The van der Waals surface area contributed by atoms with E-state index in [1.54, 1.807) is 0 Å². The molecule has 0 amide bonds. The van der Waals surface area contributed by atoms with E-state index in [0.29, 0.717) is 5.92 Å². The van der Waals surface area contributed by atoms with E-state index in [2.05, 4.69) is 18.7 Å². The maximum Gasteiger partial charge on any atom is 0.115 e. The van der Waals surface area contributed by atoms with Crippen molar-refractivity contribution in [2.24, 2.45) is 5.92 Å². The molecule has 0 saturated heterocycles. The molecule has 1 atom stereocenters. The normalized spacial score (nSPS) is 24.8. The van der Waals surface area contributed by atoms with E-state index in [0.717, 1.165) is 5.57 Å². The quantitative estimate of drug-likeness (QED) is 0.582. The lowest BCUT2D eigenvalue weighted by atomic mass is 9.98. The van der Waals surface area contributed by atoms with E-state index >= 15 is 0 Å². The number of aliphatic hydroxyl groups is 1. The van der Waals surface area contributed by atoms with Crippen molar-refractivity contribution >= 4 is 0 Å². The highest BCUT2D eigenvalue weighted by atomic mass is 16.3. The molecule has 60 valence electrons. The summed E-state index contributed by atoms with van der Waals surface area (Å²) >= 11 is 0. The van der Waals surface area contributed by atoms with Crippen molar-refractivity contribution < 1.29 is 5.11 Å². The lowest BCUT2D eigenvalue weighted by molar-refractivity contribution is 0.429. The molecule has 1 nitrogen and oxygen atoms in total. The van der Waals surface area contributed by atoms with Crippen LogP contribution in [0, 0.1) is 5.92 Å². The molecule has 2 aliphatic rings. The third kappa shape index (κ3) is 1.03. The molecule has 0 radical (unpaired) electrons. The fourth-order valence-corrected chi connectivity index (χ4v) is 1.47. The van der Waals surface area contributed by atoms with Gasteiger partial charge in [0.2, 0.25) is 0 Å². The van der Waals surface area contributed by atoms with E-state index in [1.165, 1.54) is 5.57 Å². The molecule has 1 unspecified atom stereocenters. The molecule has 2 aliphatic carbocycles. The molecule has 2 rings (SSSR count). The zero-order valence-corrected chi connectivity index (χ0v) is 6.70. The summed E-state index contributed by atoms with van der Waals surface area (Å²) in [7, 11) is 0. The van der Waals surface area contributed by atoms with Gasteiger partial charge in [-0.3, -0.25) is 0 Å². The SMILES string of the molecule is C=C(O)C1=CC2C=CC=CC2=C1. The zero-order valence-electron chi connectivity index (χ0n) is 6.70. The molecule has 0 saturated carbocycles. The van der Waals surface area contributed by atoms with Gasteiger partial charge in [-0.15, -0.1) is 0 Å². The van der Waals surface area contributed by atoms with E-state index in [4.69, 9.17) is 5.11 Å². The van der Waals surface area contributed by atoms with Crippen molar-refractivity contribution in [2.45, 2.75) is 0 Å². The molecular weight excluding hydrogens is 148 g/mol. The third-order valence-corrected chi connectivity index (χ3v) is 2.12. The van der Waals surface area contributed by atoms with Crippen LogP contribution in [0.2, 0.25) is 0 Å². The second-order valence-corrected chi connectivity index (χ2v) is 2.98. The van der Waals surface area contributed by atoms with Gasteiger partial charge >= 0.3 is 0 Å². The summed E-state index contributed by atoms with van der Waals surface area (Å²) in [5, 5.41) is 9.14. The van der Waals surface area contributed by atoms with Crippen LogP contribution < -0.4 is 0 Å². The van der Waals surface area contributed by atoms with Gasteiger partial charge in [0.05, 0.1) is 0 Å². The first-order valence-corrected chi connectivity index (χ1v) is 3.94. The number of hydrogen-bond donors (Lipinski definition) is 1. The topological polar surface area (TPSA) is 20.2 Å². The largest absolute Gasteiger partial charge is 0.508 e. The monoisotopic (exact) mass is 158 g/mol. The average molecular weight is 158 g/mol. The molecule has 1 N–H and O–H groups in total. The smallest absolute Gasteiger partial charge is 0.115 e. The predicted octanol–water partition coefficient (Wildman–Crippen LogP) is 2.67. The van der Waals surface area contributed by atoms with Gasteiger partial charge in [0.25, 0.3) is 0 Å². The van der Waals surface area contributed by atoms with Gasteiger partial charge in [-0.2, -0.15) is 0 Å². The Labute approximate surface area is 71.7 Å². The predicted molar refractivity (Wildman–Crippen MR) is 49.7 cm³/mol. The molecule has 0 heterocycles. The van der Waals surface area contributed by atoms with Crippen LogP contribution in [0.15, 0.2) is 59.9 Å². The van der Waals surface area contributed by atoms with Crippen LogP contribution >= 0.6 is 0 Å². The summed E-state index contributed by atoms with van der Waals surface area (Å²) in [5.41, 5.74) is 2.06. The van der Waals surface area contributed by atoms with Crippen LogP contribution in [-0.4, -0.2) is 5.11 Å². The molecule has 0 aliphatic heterocycles. The minimum atomic E-state index is 0.152. The average Bonchev–Trinajstić information content (AvgIpc) is 2.46. The number of allylic oxidation sites excluding steroid dienone is 7. The fraction of sp³-hybridized carbons (Fsp3) is 0.0909. The lowest BCUT2D eigenvalue weighted by Gasteiger charge is -2.06. The first kappa shape index (κ1) is 7.17. The molecule has 0 bridgehead atoms. The number of aliphatic hydroxyl groups excluding tert-OH is 1. The zero-order chi connectivity index (χ0) is 8.55. The first-order chi connectivity index (χ1) is 5.77. The minimum Gasteiger partial charge on any atom is -0.508 e. The van der Waals surface area contributed by atoms with Crippen LogP contribution in [0.1, 0.15) is 0 Å². The Morgan fingerprint density at radius 3 is 2.92 bits per heavy atom. The highest BCUT2D eigenvalue weighted by molar-refractivity contribution is 5.52.